The zero-order chi connectivity index (χ0) is 24.9. The molecule has 2 heterocycles. The first-order valence-corrected chi connectivity index (χ1v) is 13.5. The number of hydroxylamine groups is 1. The topological polar surface area (TPSA) is 113 Å². The lowest BCUT2D eigenvalue weighted by Crippen LogP contribution is -2.68. The Balaban J connectivity index is 1.59. The summed E-state index contributed by atoms with van der Waals surface area (Å²) in [6.45, 7) is 1.06. The highest BCUT2D eigenvalue weighted by molar-refractivity contribution is 7.89. The molecule has 0 bridgehead atoms. The number of nitrogens with zero attached hydrogens (tertiary/aromatic N) is 2. The SMILES string of the molecule is O=C(NO)C(CS(=O)(=O)N1CCc2ccccc2C1)[N+]1(C(=O)OCc2ccccc2)CCCCC1. The van der Waals surface area contributed by atoms with Gasteiger partial charge in [-0.1, -0.05) is 54.6 Å². The van der Waals surface area contributed by atoms with Gasteiger partial charge in [0.05, 0.1) is 13.1 Å². The molecule has 35 heavy (non-hydrogen) atoms. The molecule has 0 saturated carbocycles. The van der Waals surface area contributed by atoms with Crippen LogP contribution >= 0.6 is 0 Å². The number of amides is 2. The lowest BCUT2D eigenvalue weighted by molar-refractivity contribution is -0.876. The molecule has 0 radical (unpaired) electrons. The van der Waals surface area contributed by atoms with E-state index >= 15 is 0 Å². The highest BCUT2D eigenvalue weighted by Gasteiger charge is 2.53. The van der Waals surface area contributed by atoms with E-state index in [4.69, 9.17) is 4.74 Å². The smallest absolute Gasteiger partial charge is 0.415 e. The number of benzene rings is 2. The lowest BCUT2D eigenvalue weighted by atomic mass is 10.0. The number of sulfonamides is 1. The van der Waals surface area contributed by atoms with Crippen LogP contribution in [0.4, 0.5) is 4.79 Å². The largest absolute Gasteiger partial charge is 0.517 e. The molecule has 188 valence electrons. The van der Waals surface area contributed by atoms with Crippen LogP contribution in [-0.4, -0.2) is 65.8 Å². The molecule has 0 aromatic heterocycles. The van der Waals surface area contributed by atoms with E-state index in [1.165, 1.54) is 4.31 Å². The maximum Gasteiger partial charge on any atom is 0.517 e. The van der Waals surface area contributed by atoms with Crippen molar-refractivity contribution in [3.05, 3.63) is 71.3 Å². The minimum absolute atomic E-state index is 0.0167. The van der Waals surface area contributed by atoms with Crippen molar-refractivity contribution in [3.63, 3.8) is 0 Å². The fraction of sp³-hybridized carbons (Fsp3) is 0.440. The lowest BCUT2D eigenvalue weighted by Gasteiger charge is -2.42. The van der Waals surface area contributed by atoms with E-state index < -0.39 is 38.3 Å². The predicted molar refractivity (Wildman–Crippen MR) is 129 cm³/mol. The highest BCUT2D eigenvalue weighted by atomic mass is 32.2. The van der Waals surface area contributed by atoms with Crippen LogP contribution in [0.5, 0.6) is 0 Å². The number of hydrogen-bond donors (Lipinski definition) is 2. The Kier molecular flexibility index (Phi) is 7.85. The summed E-state index contributed by atoms with van der Waals surface area (Å²) < 4.78 is 33.6. The molecule has 2 aromatic carbocycles. The third kappa shape index (κ3) is 5.56. The fourth-order valence-corrected chi connectivity index (χ4v) is 6.83. The van der Waals surface area contributed by atoms with E-state index in [2.05, 4.69) is 0 Å². The number of piperidine rings is 1. The average Bonchev–Trinajstić information content (AvgIpc) is 2.90. The van der Waals surface area contributed by atoms with E-state index in [1.807, 2.05) is 54.6 Å². The average molecular weight is 503 g/mol. The molecule has 10 heteroatoms. The van der Waals surface area contributed by atoms with Gasteiger partial charge in [0.2, 0.25) is 10.0 Å². The molecule has 0 spiro atoms. The number of likely N-dealkylation sites (tertiary alicyclic amines) is 1. The van der Waals surface area contributed by atoms with E-state index in [0.29, 0.717) is 25.8 Å². The second-order valence-corrected chi connectivity index (χ2v) is 11.2. The minimum atomic E-state index is -3.93. The molecule has 1 atom stereocenters. The van der Waals surface area contributed by atoms with Crippen LogP contribution in [0.2, 0.25) is 0 Å². The summed E-state index contributed by atoms with van der Waals surface area (Å²) in [6.07, 6.45) is 2.08. The van der Waals surface area contributed by atoms with Gasteiger partial charge in [0, 0.05) is 13.1 Å². The Morgan fingerprint density at radius 1 is 1.00 bits per heavy atom. The van der Waals surface area contributed by atoms with E-state index in [9.17, 15) is 23.2 Å². The molecule has 2 N–H and O–H groups in total. The number of hydrogen-bond acceptors (Lipinski definition) is 6. The minimum Gasteiger partial charge on any atom is -0.415 e. The molecular weight excluding hydrogens is 470 g/mol. The molecule has 4 rings (SSSR count). The molecule has 9 nitrogen and oxygen atoms in total. The van der Waals surface area contributed by atoms with Crippen molar-refractivity contribution in [1.29, 1.82) is 0 Å². The van der Waals surface area contributed by atoms with Crippen molar-refractivity contribution in [3.8, 4) is 0 Å². The quantitative estimate of drug-likeness (QED) is 0.342. The monoisotopic (exact) mass is 502 g/mol. The van der Waals surface area contributed by atoms with Crippen LogP contribution in [-0.2, 0) is 39.1 Å². The van der Waals surface area contributed by atoms with Crippen molar-refractivity contribution in [2.24, 2.45) is 0 Å². The number of ether oxygens (including phenoxy) is 1. The van der Waals surface area contributed by atoms with Crippen LogP contribution in [0.3, 0.4) is 0 Å². The second kappa shape index (κ2) is 10.9. The van der Waals surface area contributed by atoms with E-state index in [1.54, 1.807) is 5.48 Å². The Labute approximate surface area is 205 Å². The highest BCUT2D eigenvalue weighted by Crippen LogP contribution is 2.29. The summed E-state index contributed by atoms with van der Waals surface area (Å²) >= 11 is 0. The summed E-state index contributed by atoms with van der Waals surface area (Å²) in [5.74, 6) is -1.49. The van der Waals surface area contributed by atoms with Crippen LogP contribution in [0.1, 0.15) is 36.0 Å². The first-order chi connectivity index (χ1) is 16.9. The number of nitrogens with one attached hydrogen (secondary N) is 1. The maximum atomic E-state index is 13.5. The van der Waals surface area contributed by atoms with Crippen LogP contribution in [0.25, 0.3) is 0 Å². The molecule has 1 saturated heterocycles. The second-order valence-electron chi connectivity index (χ2n) is 9.20. The normalized spacial score (nSPS) is 18.8. The third-order valence-corrected chi connectivity index (χ3v) is 8.89. The predicted octanol–water partition coefficient (Wildman–Crippen LogP) is 2.59. The molecular formula is C25H32N3O6S+. The molecule has 0 aliphatic carbocycles. The van der Waals surface area contributed by atoms with Gasteiger partial charge in [0.15, 0.2) is 6.04 Å². The molecule has 1 unspecified atom stereocenters. The van der Waals surface area contributed by atoms with E-state index in [-0.39, 0.29) is 26.2 Å². The fourth-order valence-electron chi connectivity index (χ4n) is 5.08. The van der Waals surface area contributed by atoms with Crippen molar-refractivity contribution in [2.45, 2.75) is 44.9 Å². The first kappa shape index (κ1) is 25.3. The Morgan fingerprint density at radius 3 is 2.34 bits per heavy atom. The Morgan fingerprint density at radius 2 is 1.66 bits per heavy atom. The number of carbonyl (C=O) groups is 2. The first-order valence-electron chi connectivity index (χ1n) is 11.9. The van der Waals surface area contributed by atoms with Gasteiger partial charge in [-0.3, -0.25) is 10.0 Å². The van der Waals surface area contributed by atoms with Gasteiger partial charge in [0.25, 0.3) is 0 Å². The number of fused-ring (bicyclic) bond motifs is 1. The Bertz CT molecular complexity index is 1150. The van der Waals surface area contributed by atoms with Crippen molar-refractivity contribution < 1.29 is 32.4 Å². The summed E-state index contributed by atoms with van der Waals surface area (Å²) in [5, 5.41) is 9.51. The summed E-state index contributed by atoms with van der Waals surface area (Å²) in [4.78, 5) is 26.3. The molecule has 2 aromatic rings. The van der Waals surface area contributed by atoms with Crippen molar-refractivity contribution >= 4 is 22.0 Å². The van der Waals surface area contributed by atoms with Gasteiger partial charge < -0.3 is 4.74 Å². The third-order valence-electron chi connectivity index (χ3n) is 7.05. The summed E-state index contributed by atoms with van der Waals surface area (Å²) in [6, 6.07) is 15.5. The zero-order valence-electron chi connectivity index (χ0n) is 19.6. The number of rotatable bonds is 7. The summed E-state index contributed by atoms with van der Waals surface area (Å²) in [7, 11) is -3.93. The van der Waals surface area contributed by atoms with Crippen molar-refractivity contribution in [1.82, 2.24) is 9.79 Å². The van der Waals surface area contributed by atoms with Gasteiger partial charge >= 0.3 is 12.0 Å². The molecule has 2 aliphatic heterocycles. The van der Waals surface area contributed by atoms with Crippen LogP contribution < -0.4 is 5.48 Å². The molecule has 2 amide bonds. The molecule has 2 aliphatic rings. The van der Waals surface area contributed by atoms with Gasteiger partial charge in [0.1, 0.15) is 12.4 Å². The van der Waals surface area contributed by atoms with Crippen molar-refractivity contribution in [2.75, 3.05) is 25.4 Å². The zero-order valence-corrected chi connectivity index (χ0v) is 20.5. The standard InChI is InChI=1S/C25H31N3O6S/c29-24(26-31)23(19-35(32,33)27-14-13-21-11-5-6-12-22(21)17-27)28(15-7-2-8-16-28)25(30)34-18-20-9-3-1-4-10-20/h1,3-6,9-12,23H,2,7-8,13-19H2,(H-,26,29,31)/p+1. The summed E-state index contributed by atoms with van der Waals surface area (Å²) in [5.41, 5.74) is 4.43. The van der Waals surface area contributed by atoms with Gasteiger partial charge in [-0.05, 0) is 42.4 Å². The van der Waals surface area contributed by atoms with Crippen LogP contribution in [0.15, 0.2) is 54.6 Å². The van der Waals surface area contributed by atoms with Gasteiger partial charge in [-0.25, -0.2) is 18.4 Å². The van der Waals surface area contributed by atoms with Gasteiger partial charge in [-0.2, -0.15) is 9.10 Å². The number of carbonyl (C=O) groups excluding carboxylic acids is 2. The molecule has 1 fully saturated rings. The van der Waals surface area contributed by atoms with Gasteiger partial charge in [-0.15, -0.1) is 0 Å². The van der Waals surface area contributed by atoms with Crippen LogP contribution in [0, 0.1) is 0 Å². The van der Waals surface area contributed by atoms with E-state index in [0.717, 1.165) is 23.1 Å². The maximum absolute atomic E-state index is 13.5. The number of quaternary nitrogens is 1. The Hall–Kier alpha value is -2.79.